The molecule has 0 amide bonds. The van der Waals surface area contributed by atoms with E-state index in [2.05, 4.69) is 9.59 Å². The first-order chi connectivity index (χ1) is 11.6. The van der Waals surface area contributed by atoms with Gasteiger partial charge in [-0.2, -0.15) is 4.31 Å². The van der Waals surface area contributed by atoms with E-state index in [0.717, 1.165) is 19.3 Å². The lowest BCUT2D eigenvalue weighted by Crippen LogP contribution is -2.35. The zero-order valence-electron chi connectivity index (χ0n) is 13.0. The molecule has 0 radical (unpaired) electrons. The fourth-order valence-corrected chi connectivity index (χ4v) is 4.49. The van der Waals surface area contributed by atoms with Crippen LogP contribution in [0.3, 0.4) is 0 Å². The van der Waals surface area contributed by atoms with Gasteiger partial charge in [0.25, 0.3) is 0 Å². The van der Waals surface area contributed by atoms with Crippen LogP contribution in [0.15, 0.2) is 40.6 Å². The van der Waals surface area contributed by atoms with Crippen molar-refractivity contribution in [2.75, 3.05) is 13.1 Å². The molecule has 1 aliphatic heterocycles. The molecule has 6 nitrogen and oxygen atoms in total. The first-order valence-corrected chi connectivity index (χ1v) is 9.95. The number of benzene rings is 1. The number of ketones is 1. The third kappa shape index (κ3) is 3.77. The van der Waals surface area contributed by atoms with Crippen molar-refractivity contribution in [3.63, 3.8) is 0 Å². The van der Waals surface area contributed by atoms with Gasteiger partial charge in [0.1, 0.15) is 0 Å². The number of carbonyl (C=O) groups is 1. The highest BCUT2D eigenvalue weighted by Crippen LogP contribution is 2.21. The minimum Gasteiger partial charge on any atom is -0.289 e. The summed E-state index contributed by atoms with van der Waals surface area (Å²) in [5.41, 5.74) is 1.06. The highest BCUT2D eigenvalue weighted by atomic mass is 32.2. The van der Waals surface area contributed by atoms with Gasteiger partial charge in [-0.25, -0.2) is 8.42 Å². The number of carbonyl (C=O) groups excluding carboxylic acids is 1. The summed E-state index contributed by atoms with van der Waals surface area (Å²) in [5, 5.41) is 5.56. The number of hydrogen-bond acceptors (Lipinski definition) is 6. The predicted octanol–water partition coefficient (Wildman–Crippen LogP) is 2.61. The molecule has 0 aliphatic carbocycles. The lowest BCUT2D eigenvalue weighted by molar-refractivity contribution is 0.104. The maximum absolute atomic E-state index is 12.6. The number of piperidine rings is 1. The molecule has 3 rings (SSSR count). The SMILES string of the molecule is O=C(/C=C/c1csnn1)c1ccc(S(=O)(=O)N2CCCCC2)cc1. The molecule has 24 heavy (non-hydrogen) atoms. The second-order valence-corrected chi connectivity index (χ2v) is 8.06. The van der Waals surface area contributed by atoms with Crippen molar-refractivity contribution in [3.8, 4) is 0 Å². The Morgan fingerprint density at radius 2 is 1.83 bits per heavy atom. The third-order valence-electron chi connectivity index (χ3n) is 3.87. The van der Waals surface area contributed by atoms with Gasteiger partial charge in [0, 0.05) is 24.0 Å². The maximum Gasteiger partial charge on any atom is 0.243 e. The van der Waals surface area contributed by atoms with Crippen molar-refractivity contribution < 1.29 is 13.2 Å². The van der Waals surface area contributed by atoms with Gasteiger partial charge in [-0.05, 0) is 60.8 Å². The van der Waals surface area contributed by atoms with Gasteiger partial charge in [0.2, 0.25) is 10.0 Å². The van der Waals surface area contributed by atoms with E-state index in [9.17, 15) is 13.2 Å². The van der Waals surface area contributed by atoms with Gasteiger partial charge >= 0.3 is 0 Å². The van der Waals surface area contributed by atoms with Crippen molar-refractivity contribution in [1.29, 1.82) is 0 Å². The van der Waals surface area contributed by atoms with Gasteiger partial charge in [-0.1, -0.05) is 10.9 Å². The van der Waals surface area contributed by atoms with Gasteiger partial charge in [-0.3, -0.25) is 4.79 Å². The highest BCUT2D eigenvalue weighted by Gasteiger charge is 2.25. The summed E-state index contributed by atoms with van der Waals surface area (Å²) in [6.07, 6.45) is 5.85. The normalized spacial score (nSPS) is 16.5. The topological polar surface area (TPSA) is 80.2 Å². The standard InChI is InChI=1S/C16H17N3O3S2/c20-16(9-6-14-12-23-18-17-14)13-4-7-15(8-5-13)24(21,22)19-10-2-1-3-11-19/h4-9,12H,1-3,10-11H2/b9-6+. The van der Waals surface area contributed by atoms with Crippen molar-refractivity contribution >= 4 is 33.4 Å². The van der Waals surface area contributed by atoms with Crippen molar-refractivity contribution in [1.82, 2.24) is 13.9 Å². The first kappa shape index (κ1) is 16.9. The van der Waals surface area contributed by atoms with Crippen LogP contribution in [0.25, 0.3) is 6.08 Å². The molecule has 0 N–H and O–H groups in total. The monoisotopic (exact) mass is 363 g/mol. The van der Waals surface area contributed by atoms with E-state index in [-0.39, 0.29) is 10.7 Å². The Labute approximate surface area is 145 Å². The molecule has 0 spiro atoms. The molecule has 1 fully saturated rings. The maximum atomic E-state index is 12.6. The zero-order valence-corrected chi connectivity index (χ0v) is 14.6. The van der Waals surface area contributed by atoms with Gasteiger partial charge in [0.05, 0.1) is 10.6 Å². The van der Waals surface area contributed by atoms with E-state index in [1.807, 2.05) is 0 Å². The first-order valence-electron chi connectivity index (χ1n) is 7.67. The molecule has 0 atom stereocenters. The molecule has 8 heteroatoms. The van der Waals surface area contributed by atoms with Crippen LogP contribution in [0.5, 0.6) is 0 Å². The highest BCUT2D eigenvalue weighted by molar-refractivity contribution is 7.89. The predicted molar refractivity (Wildman–Crippen MR) is 92.3 cm³/mol. The summed E-state index contributed by atoms with van der Waals surface area (Å²) in [5.74, 6) is -0.204. The van der Waals surface area contributed by atoms with E-state index < -0.39 is 10.0 Å². The van der Waals surface area contributed by atoms with Crippen LogP contribution >= 0.6 is 11.5 Å². The molecule has 1 aromatic carbocycles. The van der Waals surface area contributed by atoms with Crippen LogP contribution in [0.1, 0.15) is 35.3 Å². The van der Waals surface area contributed by atoms with Crippen molar-refractivity contribution in [2.24, 2.45) is 0 Å². The van der Waals surface area contributed by atoms with Crippen LogP contribution < -0.4 is 0 Å². The minimum absolute atomic E-state index is 0.204. The van der Waals surface area contributed by atoms with E-state index in [1.165, 1.54) is 34.0 Å². The van der Waals surface area contributed by atoms with Gasteiger partial charge < -0.3 is 0 Å². The molecular weight excluding hydrogens is 346 g/mol. The van der Waals surface area contributed by atoms with Crippen molar-refractivity contribution in [3.05, 3.63) is 47.0 Å². The lowest BCUT2D eigenvalue weighted by atomic mass is 10.1. The average Bonchev–Trinajstić information content (AvgIpc) is 3.14. The Balaban J connectivity index is 1.74. The molecule has 1 aliphatic rings. The second kappa shape index (κ2) is 7.33. The lowest BCUT2D eigenvalue weighted by Gasteiger charge is -2.25. The molecule has 0 unspecified atom stereocenters. The molecule has 126 valence electrons. The summed E-state index contributed by atoms with van der Waals surface area (Å²) >= 11 is 1.21. The van der Waals surface area contributed by atoms with E-state index >= 15 is 0 Å². The van der Waals surface area contributed by atoms with Crippen LogP contribution in [0.2, 0.25) is 0 Å². The number of allylic oxidation sites excluding steroid dienone is 1. The Morgan fingerprint density at radius 3 is 2.46 bits per heavy atom. The number of sulfonamides is 1. The zero-order chi connectivity index (χ0) is 17.0. The summed E-state index contributed by atoms with van der Waals surface area (Å²) in [6, 6.07) is 6.08. The van der Waals surface area contributed by atoms with Crippen molar-refractivity contribution in [2.45, 2.75) is 24.2 Å². The smallest absolute Gasteiger partial charge is 0.243 e. The largest absolute Gasteiger partial charge is 0.289 e. The molecule has 0 bridgehead atoms. The van der Waals surface area contributed by atoms with E-state index in [0.29, 0.717) is 24.3 Å². The minimum atomic E-state index is -3.47. The van der Waals surface area contributed by atoms with Crippen LogP contribution in [0, 0.1) is 0 Å². The Morgan fingerprint density at radius 1 is 1.12 bits per heavy atom. The van der Waals surface area contributed by atoms with Crippen LogP contribution in [0.4, 0.5) is 0 Å². The number of rotatable bonds is 5. The molecule has 2 heterocycles. The summed E-state index contributed by atoms with van der Waals surface area (Å²) in [7, 11) is -3.47. The van der Waals surface area contributed by atoms with Crippen LogP contribution in [-0.4, -0.2) is 41.2 Å². The molecule has 0 saturated carbocycles. The summed E-state index contributed by atoms with van der Waals surface area (Å²) in [4.78, 5) is 12.3. The average molecular weight is 363 g/mol. The van der Waals surface area contributed by atoms with Gasteiger partial charge in [0.15, 0.2) is 5.78 Å². The van der Waals surface area contributed by atoms with Crippen LogP contribution in [-0.2, 0) is 10.0 Å². The van der Waals surface area contributed by atoms with Gasteiger partial charge in [-0.15, -0.1) is 5.10 Å². The van der Waals surface area contributed by atoms with E-state index in [1.54, 1.807) is 23.6 Å². The second-order valence-electron chi connectivity index (χ2n) is 5.52. The third-order valence-corrected chi connectivity index (χ3v) is 6.31. The molecule has 1 aromatic heterocycles. The van der Waals surface area contributed by atoms with E-state index in [4.69, 9.17) is 0 Å². The number of aromatic nitrogens is 2. The molecule has 1 saturated heterocycles. The quantitative estimate of drug-likeness (QED) is 0.602. The number of hydrogen-bond donors (Lipinski definition) is 0. The molecular formula is C16H17N3O3S2. The molecule has 2 aromatic rings. The Hall–Kier alpha value is -1.90. The Kier molecular flexibility index (Phi) is 5.17. The Bertz CT molecular complexity index is 822. The summed E-state index contributed by atoms with van der Waals surface area (Å²) < 4.78 is 30.4. The number of nitrogens with zero attached hydrogens (tertiary/aromatic N) is 3. The summed E-state index contributed by atoms with van der Waals surface area (Å²) in [6.45, 7) is 1.13. The fourth-order valence-electron chi connectivity index (χ4n) is 2.55. The fraction of sp³-hybridized carbons (Fsp3) is 0.312.